The Balaban J connectivity index is 2.03. The minimum Gasteiger partial charge on any atom is -0.468 e. The van der Waals surface area contributed by atoms with Gasteiger partial charge in [0.05, 0.1) is 25.3 Å². The fourth-order valence-electron chi connectivity index (χ4n) is 1.86. The van der Waals surface area contributed by atoms with Gasteiger partial charge in [0.2, 0.25) is 0 Å². The number of carbonyl (C=O) groups excluding carboxylic acids is 1. The van der Waals surface area contributed by atoms with Gasteiger partial charge in [0.15, 0.2) is 0 Å². The van der Waals surface area contributed by atoms with Crippen LogP contribution in [0.5, 0.6) is 0 Å². The highest BCUT2D eigenvalue weighted by Gasteiger charge is 2.30. The second-order valence-electron chi connectivity index (χ2n) is 3.93. The molecular formula is C11H16N2O3S. The summed E-state index contributed by atoms with van der Waals surface area (Å²) in [5, 5.41) is 1.04. The lowest BCUT2D eigenvalue weighted by Gasteiger charge is -2.33. The monoisotopic (exact) mass is 256 g/mol. The minimum absolute atomic E-state index is 0.231. The number of rotatable bonds is 3. The van der Waals surface area contributed by atoms with Gasteiger partial charge in [-0.15, -0.1) is 11.3 Å². The van der Waals surface area contributed by atoms with E-state index in [0.29, 0.717) is 13.2 Å². The molecule has 0 aromatic carbocycles. The summed E-state index contributed by atoms with van der Waals surface area (Å²) in [6.45, 7) is 4.52. The van der Waals surface area contributed by atoms with Gasteiger partial charge in [-0.2, -0.15) is 0 Å². The van der Waals surface area contributed by atoms with Crippen LogP contribution in [-0.2, 0) is 20.8 Å². The molecule has 1 saturated heterocycles. The molecule has 0 radical (unpaired) electrons. The van der Waals surface area contributed by atoms with Crippen molar-refractivity contribution in [2.24, 2.45) is 0 Å². The lowest BCUT2D eigenvalue weighted by molar-refractivity contribution is -0.153. The Morgan fingerprint density at radius 1 is 1.76 bits per heavy atom. The predicted molar refractivity (Wildman–Crippen MR) is 63.9 cm³/mol. The minimum atomic E-state index is -0.295. The molecule has 0 saturated carbocycles. The number of aromatic nitrogens is 1. The summed E-state index contributed by atoms with van der Waals surface area (Å²) in [6, 6.07) is -0.295. The summed E-state index contributed by atoms with van der Waals surface area (Å²) in [6.07, 6.45) is 1.86. The van der Waals surface area contributed by atoms with Crippen molar-refractivity contribution in [2.45, 2.75) is 19.5 Å². The summed E-state index contributed by atoms with van der Waals surface area (Å²) < 4.78 is 10.1. The molecule has 1 unspecified atom stereocenters. The number of esters is 1. The van der Waals surface area contributed by atoms with Gasteiger partial charge in [-0.05, 0) is 6.92 Å². The molecule has 0 aliphatic carbocycles. The fourth-order valence-corrected chi connectivity index (χ4v) is 2.68. The lowest BCUT2D eigenvalue weighted by atomic mass is 10.2. The summed E-state index contributed by atoms with van der Waals surface area (Å²) in [4.78, 5) is 19.1. The molecule has 94 valence electrons. The van der Waals surface area contributed by atoms with E-state index in [4.69, 9.17) is 9.47 Å². The zero-order valence-corrected chi connectivity index (χ0v) is 10.8. The topological polar surface area (TPSA) is 51.7 Å². The molecule has 0 N–H and O–H groups in total. The molecule has 1 atom stereocenters. The lowest BCUT2D eigenvalue weighted by Crippen LogP contribution is -2.49. The van der Waals surface area contributed by atoms with Crippen molar-refractivity contribution in [3.05, 3.63) is 16.1 Å². The standard InChI is InChI=1S/C11H16N2O3S/c1-8-12-5-9(17-8)6-13-3-4-16-7-10(13)11(14)15-2/h5,10H,3-4,6-7H2,1-2H3. The molecule has 17 heavy (non-hydrogen) atoms. The maximum absolute atomic E-state index is 11.6. The average molecular weight is 256 g/mol. The first-order valence-corrected chi connectivity index (χ1v) is 6.33. The number of hydrogen-bond donors (Lipinski definition) is 0. The Kier molecular flexibility index (Phi) is 4.09. The molecule has 1 aliphatic rings. The number of hydrogen-bond acceptors (Lipinski definition) is 6. The Labute approximate surface area is 104 Å². The SMILES string of the molecule is COC(=O)C1COCCN1Cc1cnc(C)s1. The van der Waals surface area contributed by atoms with Crippen LogP contribution in [0, 0.1) is 6.92 Å². The molecule has 0 bridgehead atoms. The summed E-state index contributed by atoms with van der Waals surface area (Å²) >= 11 is 1.66. The molecule has 1 fully saturated rings. The first-order chi connectivity index (χ1) is 8.20. The molecule has 1 aliphatic heterocycles. The van der Waals surface area contributed by atoms with Gasteiger partial charge in [-0.25, -0.2) is 4.98 Å². The van der Waals surface area contributed by atoms with E-state index in [1.165, 1.54) is 12.0 Å². The number of thiazole rings is 1. The highest BCUT2D eigenvalue weighted by atomic mass is 32.1. The van der Waals surface area contributed by atoms with Crippen molar-refractivity contribution in [1.82, 2.24) is 9.88 Å². The summed E-state index contributed by atoms with van der Waals surface area (Å²) in [5.41, 5.74) is 0. The third-order valence-corrected chi connectivity index (χ3v) is 3.64. The first-order valence-electron chi connectivity index (χ1n) is 5.51. The van der Waals surface area contributed by atoms with Crippen molar-refractivity contribution in [3.63, 3.8) is 0 Å². The van der Waals surface area contributed by atoms with Crippen LogP contribution in [0.25, 0.3) is 0 Å². The number of aryl methyl sites for hydroxylation is 1. The van der Waals surface area contributed by atoms with Gasteiger partial charge in [0, 0.05) is 24.2 Å². The molecule has 1 aromatic rings. The van der Waals surface area contributed by atoms with E-state index in [1.54, 1.807) is 11.3 Å². The van der Waals surface area contributed by atoms with E-state index in [2.05, 4.69) is 9.88 Å². The second kappa shape index (κ2) is 5.57. The number of carbonyl (C=O) groups is 1. The van der Waals surface area contributed by atoms with Crippen molar-refractivity contribution in [2.75, 3.05) is 26.9 Å². The van der Waals surface area contributed by atoms with Crippen LogP contribution in [0.3, 0.4) is 0 Å². The Hall–Kier alpha value is -0.980. The molecule has 1 aromatic heterocycles. The molecular weight excluding hydrogens is 240 g/mol. The Morgan fingerprint density at radius 3 is 3.24 bits per heavy atom. The number of ether oxygens (including phenoxy) is 2. The molecule has 0 amide bonds. The highest BCUT2D eigenvalue weighted by Crippen LogP contribution is 2.18. The van der Waals surface area contributed by atoms with E-state index in [1.807, 2.05) is 13.1 Å². The van der Waals surface area contributed by atoms with E-state index in [9.17, 15) is 4.79 Å². The predicted octanol–water partition coefficient (Wildman–Crippen LogP) is 0.825. The summed E-state index contributed by atoms with van der Waals surface area (Å²) in [5.74, 6) is -0.231. The number of nitrogens with zero attached hydrogens (tertiary/aromatic N) is 2. The largest absolute Gasteiger partial charge is 0.468 e. The van der Waals surface area contributed by atoms with Crippen LogP contribution >= 0.6 is 11.3 Å². The third-order valence-electron chi connectivity index (χ3n) is 2.74. The third kappa shape index (κ3) is 3.02. The van der Waals surface area contributed by atoms with Gasteiger partial charge in [0.1, 0.15) is 6.04 Å². The van der Waals surface area contributed by atoms with Gasteiger partial charge in [-0.3, -0.25) is 9.69 Å². The van der Waals surface area contributed by atoms with Crippen molar-refractivity contribution >= 4 is 17.3 Å². The maximum Gasteiger partial charge on any atom is 0.325 e. The van der Waals surface area contributed by atoms with Gasteiger partial charge in [-0.1, -0.05) is 0 Å². The van der Waals surface area contributed by atoms with Crippen molar-refractivity contribution in [1.29, 1.82) is 0 Å². The number of morpholine rings is 1. The van der Waals surface area contributed by atoms with Crippen LogP contribution in [0.1, 0.15) is 9.88 Å². The molecule has 0 spiro atoms. The van der Waals surface area contributed by atoms with E-state index in [-0.39, 0.29) is 12.0 Å². The zero-order chi connectivity index (χ0) is 12.3. The highest BCUT2D eigenvalue weighted by molar-refractivity contribution is 7.11. The smallest absolute Gasteiger partial charge is 0.325 e. The van der Waals surface area contributed by atoms with E-state index in [0.717, 1.165) is 18.1 Å². The van der Waals surface area contributed by atoms with Crippen LogP contribution in [-0.4, -0.2) is 48.8 Å². The van der Waals surface area contributed by atoms with Gasteiger partial charge < -0.3 is 9.47 Å². The van der Waals surface area contributed by atoms with Crippen LogP contribution in [0.2, 0.25) is 0 Å². The Morgan fingerprint density at radius 2 is 2.59 bits per heavy atom. The molecule has 5 nitrogen and oxygen atoms in total. The van der Waals surface area contributed by atoms with Gasteiger partial charge in [0.25, 0.3) is 0 Å². The first kappa shape index (κ1) is 12.5. The van der Waals surface area contributed by atoms with Crippen LogP contribution in [0.4, 0.5) is 0 Å². The molecule has 2 rings (SSSR count). The normalized spacial score (nSPS) is 21.4. The van der Waals surface area contributed by atoms with E-state index < -0.39 is 0 Å². The van der Waals surface area contributed by atoms with Crippen LogP contribution < -0.4 is 0 Å². The average Bonchev–Trinajstić information content (AvgIpc) is 2.74. The molecule has 2 heterocycles. The van der Waals surface area contributed by atoms with Gasteiger partial charge >= 0.3 is 5.97 Å². The maximum atomic E-state index is 11.6. The zero-order valence-electron chi connectivity index (χ0n) is 10.0. The number of methoxy groups -OCH3 is 1. The van der Waals surface area contributed by atoms with Crippen molar-refractivity contribution in [3.8, 4) is 0 Å². The second-order valence-corrected chi connectivity index (χ2v) is 5.25. The van der Waals surface area contributed by atoms with Crippen molar-refractivity contribution < 1.29 is 14.3 Å². The quantitative estimate of drug-likeness (QED) is 0.750. The molecule has 6 heteroatoms. The fraction of sp³-hybridized carbons (Fsp3) is 0.636. The Bertz CT molecular complexity index is 394. The van der Waals surface area contributed by atoms with E-state index >= 15 is 0 Å². The summed E-state index contributed by atoms with van der Waals surface area (Å²) in [7, 11) is 1.41. The van der Waals surface area contributed by atoms with Crippen LogP contribution in [0.15, 0.2) is 6.20 Å².